The van der Waals surface area contributed by atoms with Gasteiger partial charge in [0.2, 0.25) is 10.0 Å². The van der Waals surface area contributed by atoms with Crippen LogP contribution in [0.25, 0.3) is 6.08 Å². The molecule has 26 heavy (non-hydrogen) atoms. The van der Waals surface area contributed by atoms with Crippen LogP contribution in [0.5, 0.6) is 0 Å². The summed E-state index contributed by atoms with van der Waals surface area (Å²) in [5, 5.41) is 1.92. The number of aryl methyl sites for hydroxylation is 1. The molecule has 0 aliphatic rings. The van der Waals surface area contributed by atoms with E-state index in [9.17, 15) is 18.0 Å². The van der Waals surface area contributed by atoms with Crippen LogP contribution in [0.15, 0.2) is 46.7 Å². The molecule has 0 saturated carbocycles. The number of hydrogen-bond acceptors (Lipinski definition) is 5. The molecule has 0 aliphatic carbocycles. The lowest BCUT2D eigenvalue weighted by molar-refractivity contribution is -0.117. The monoisotopic (exact) mass is 393 g/mol. The highest BCUT2D eigenvalue weighted by Crippen LogP contribution is 2.17. The largest absolute Gasteiger partial charge is 0.269 e. The van der Waals surface area contributed by atoms with Crippen molar-refractivity contribution in [2.24, 2.45) is 0 Å². The van der Waals surface area contributed by atoms with Gasteiger partial charge in [-0.05, 0) is 48.2 Å². The molecule has 1 aromatic heterocycles. The molecule has 138 valence electrons. The van der Waals surface area contributed by atoms with Gasteiger partial charge in [-0.2, -0.15) is 0 Å². The van der Waals surface area contributed by atoms with E-state index in [1.165, 1.54) is 55.8 Å². The summed E-state index contributed by atoms with van der Waals surface area (Å²) >= 11 is 1.50. The Hall–Kier alpha value is -2.49. The van der Waals surface area contributed by atoms with E-state index < -0.39 is 21.8 Å². The maximum atomic E-state index is 12.1. The molecule has 2 N–H and O–H groups in total. The second-order valence-corrected chi connectivity index (χ2v) is 8.66. The van der Waals surface area contributed by atoms with Gasteiger partial charge < -0.3 is 0 Å². The number of carbonyl (C=O) groups excluding carboxylic acids is 2. The molecule has 2 rings (SSSR count). The Morgan fingerprint density at radius 3 is 2.50 bits per heavy atom. The molecule has 0 radical (unpaired) electrons. The van der Waals surface area contributed by atoms with Crippen molar-refractivity contribution >= 4 is 39.3 Å². The van der Waals surface area contributed by atoms with Crippen LogP contribution in [0.1, 0.15) is 20.8 Å². The molecule has 0 spiro atoms. The third-order valence-electron chi connectivity index (χ3n) is 3.46. The van der Waals surface area contributed by atoms with Crippen molar-refractivity contribution in [3.63, 3.8) is 0 Å². The molecule has 0 unspecified atom stereocenters. The van der Waals surface area contributed by atoms with E-state index in [0.717, 1.165) is 14.7 Å². The summed E-state index contributed by atoms with van der Waals surface area (Å²) in [7, 11) is -0.833. The molecule has 0 fully saturated rings. The number of hydrogen-bond donors (Lipinski definition) is 2. The zero-order valence-electron chi connectivity index (χ0n) is 14.5. The van der Waals surface area contributed by atoms with Gasteiger partial charge >= 0.3 is 0 Å². The van der Waals surface area contributed by atoms with Crippen LogP contribution in [0.2, 0.25) is 0 Å². The van der Waals surface area contributed by atoms with Crippen LogP contribution in [0.4, 0.5) is 0 Å². The van der Waals surface area contributed by atoms with Crippen LogP contribution < -0.4 is 10.9 Å². The highest BCUT2D eigenvalue weighted by atomic mass is 32.2. The fourth-order valence-corrected chi connectivity index (χ4v) is 3.71. The van der Waals surface area contributed by atoms with Crippen LogP contribution in [-0.2, 0) is 14.8 Å². The Morgan fingerprint density at radius 2 is 1.88 bits per heavy atom. The summed E-state index contributed by atoms with van der Waals surface area (Å²) in [5.74, 6) is -1.11. The summed E-state index contributed by atoms with van der Waals surface area (Å²) in [6, 6.07) is 7.52. The minimum atomic E-state index is -3.65. The number of carbonyl (C=O) groups is 2. The average molecular weight is 393 g/mol. The number of amides is 2. The van der Waals surface area contributed by atoms with Gasteiger partial charge in [-0.1, -0.05) is 6.07 Å². The van der Waals surface area contributed by atoms with E-state index in [1.54, 1.807) is 6.08 Å². The Bertz CT molecular complexity index is 946. The number of thiophene rings is 1. The van der Waals surface area contributed by atoms with Crippen LogP contribution in [0.3, 0.4) is 0 Å². The van der Waals surface area contributed by atoms with E-state index >= 15 is 0 Å². The number of nitrogens with zero attached hydrogens (tertiary/aromatic N) is 1. The fourth-order valence-electron chi connectivity index (χ4n) is 1.95. The maximum absolute atomic E-state index is 12.1. The predicted molar refractivity (Wildman–Crippen MR) is 101 cm³/mol. The quantitative estimate of drug-likeness (QED) is 0.598. The number of benzene rings is 1. The first kappa shape index (κ1) is 19.8. The molecule has 0 aliphatic heterocycles. The van der Waals surface area contributed by atoms with Crippen LogP contribution >= 0.6 is 11.3 Å². The normalized spacial score (nSPS) is 11.7. The van der Waals surface area contributed by atoms with E-state index in [0.29, 0.717) is 0 Å². The lowest BCUT2D eigenvalue weighted by Crippen LogP contribution is -2.40. The molecule has 0 bridgehead atoms. The Morgan fingerprint density at radius 1 is 1.15 bits per heavy atom. The van der Waals surface area contributed by atoms with Crippen LogP contribution in [0, 0.1) is 6.92 Å². The summed E-state index contributed by atoms with van der Waals surface area (Å²) in [6.07, 6.45) is 2.97. The Kier molecular flexibility index (Phi) is 6.30. The number of rotatable bonds is 5. The van der Waals surface area contributed by atoms with Gasteiger partial charge in [-0.3, -0.25) is 20.4 Å². The Balaban J connectivity index is 2.01. The SMILES string of the molecule is Cc1ccsc1/C=C/C(=O)NNC(=O)c1cccc(S(=O)(=O)N(C)C)c1. The molecule has 0 atom stereocenters. The number of sulfonamides is 1. The molecule has 0 saturated heterocycles. The first-order valence-electron chi connectivity index (χ1n) is 7.57. The molecule has 2 amide bonds. The smallest absolute Gasteiger partial charge is 0.268 e. The van der Waals surface area contributed by atoms with Gasteiger partial charge in [-0.15, -0.1) is 11.3 Å². The van der Waals surface area contributed by atoms with Crippen molar-refractivity contribution in [1.29, 1.82) is 0 Å². The summed E-state index contributed by atoms with van der Waals surface area (Å²) < 4.78 is 25.3. The van der Waals surface area contributed by atoms with Crippen molar-refractivity contribution in [2.45, 2.75) is 11.8 Å². The summed E-state index contributed by atoms with van der Waals surface area (Å²) in [4.78, 5) is 24.9. The minimum Gasteiger partial charge on any atom is -0.268 e. The van der Waals surface area contributed by atoms with Crippen molar-refractivity contribution in [3.05, 3.63) is 57.8 Å². The lowest BCUT2D eigenvalue weighted by Gasteiger charge is -2.12. The second-order valence-electron chi connectivity index (χ2n) is 5.56. The van der Waals surface area contributed by atoms with Gasteiger partial charge in [0.05, 0.1) is 4.90 Å². The van der Waals surface area contributed by atoms with Gasteiger partial charge in [0.1, 0.15) is 0 Å². The molecule has 2 aromatic rings. The first-order chi connectivity index (χ1) is 12.2. The van der Waals surface area contributed by atoms with Gasteiger partial charge in [0.25, 0.3) is 11.8 Å². The zero-order valence-corrected chi connectivity index (χ0v) is 16.1. The van der Waals surface area contributed by atoms with Crippen molar-refractivity contribution in [2.75, 3.05) is 14.1 Å². The maximum Gasteiger partial charge on any atom is 0.269 e. The second kappa shape index (κ2) is 8.26. The Labute approximate surface area is 156 Å². The molecular formula is C17H19N3O4S2. The standard InChI is InChI=1S/C17H19N3O4S2/c1-12-9-10-25-15(12)7-8-16(21)18-19-17(22)13-5-4-6-14(11-13)26(23,24)20(2)3/h4-11H,1-3H3,(H,18,21)(H,19,22)/b8-7+. The highest BCUT2D eigenvalue weighted by molar-refractivity contribution is 7.89. The topological polar surface area (TPSA) is 95.6 Å². The molecular weight excluding hydrogens is 374 g/mol. The molecule has 1 aromatic carbocycles. The number of nitrogens with one attached hydrogen (secondary N) is 2. The van der Waals surface area contributed by atoms with E-state index in [2.05, 4.69) is 10.9 Å². The summed E-state index contributed by atoms with van der Waals surface area (Å²) in [6.45, 7) is 1.94. The number of hydrazine groups is 1. The minimum absolute atomic E-state index is 0.00505. The van der Waals surface area contributed by atoms with Crippen molar-refractivity contribution in [3.8, 4) is 0 Å². The first-order valence-corrected chi connectivity index (χ1v) is 9.89. The predicted octanol–water partition coefficient (Wildman–Crippen LogP) is 1.78. The zero-order chi connectivity index (χ0) is 19.3. The summed E-state index contributed by atoms with van der Waals surface area (Å²) in [5.41, 5.74) is 5.69. The average Bonchev–Trinajstić information content (AvgIpc) is 3.02. The molecule has 9 heteroatoms. The third-order valence-corrected chi connectivity index (χ3v) is 6.26. The molecule has 7 nitrogen and oxygen atoms in total. The van der Waals surface area contributed by atoms with E-state index in [1.807, 2.05) is 18.4 Å². The van der Waals surface area contributed by atoms with Gasteiger partial charge in [0, 0.05) is 30.6 Å². The van der Waals surface area contributed by atoms with Crippen molar-refractivity contribution in [1.82, 2.24) is 15.2 Å². The van der Waals surface area contributed by atoms with Crippen LogP contribution in [-0.4, -0.2) is 38.6 Å². The van der Waals surface area contributed by atoms with E-state index in [-0.39, 0.29) is 10.5 Å². The van der Waals surface area contributed by atoms with Crippen molar-refractivity contribution < 1.29 is 18.0 Å². The molecule has 1 heterocycles. The van der Waals surface area contributed by atoms with E-state index in [4.69, 9.17) is 0 Å². The van der Waals surface area contributed by atoms with Gasteiger partial charge in [-0.25, -0.2) is 12.7 Å². The lowest BCUT2D eigenvalue weighted by atomic mass is 10.2. The fraction of sp³-hybridized carbons (Fsp3) is 0.176. The highest BCUT2D eigenvalue weighted by Gasteiger charge is 2.18. The van der Waals surface area contributed by atoms with Gasteiger partial charge in [0.15, 0.2) is 0 Å². The third kappa shape index (κ3) is 4.78.